The van der Waals surface area contributed by atoms with Crippen LogP contribution in [0.15, 0.2) is 53.0 Å². The number of nitrogens with zero attached hydrogens (tertiary/aromatic N) is 2. The zero-order valence-corrected chi connectivity index (χ0v) is 12.6. The van der Waals surface area contributed by atoms with Gasteiger partial charge in [0.15, 0.2) is 10.6 Å². The molecule has 0 radical (unpaired) electrons. The molecule has 0 saturated heterocycles. The highest BCUT2D eigenvalue weighted by Gasteiger charge is 2.14. The number of H-pyrrole nitrogens is 1. The Morgan fingerprint density at radius 1 is 1.15 bits per heavy atom. The van der Waals surface area contributed by atoms with Gasteiger partial charge < -0.3 is 0 Å². The van der Waals surface area contributed by atoms with Crippen LogP contribution < -0.4 is 0 Å². The normalized spacial score (nSPS) is 10.7. The van der Waals surface area contributed by atoms with E-state index in [1.807, 2.05) is 30.3 Å². The highest BCUT2D eigenvalue weighted by Crippen LogP contribution is 2.29. The van der Waals surface area contributed by atoms with Crippen LogP contribution >= 0.6 is 28.1 Å². The third-order valence-corrected chi connectivity index (χ3v) is 3.82. The van der Waals surface area contributed by atoms with Crippen molar-refractivity contribution in [3.05, 3.63) is 63.6 Å². The third-order valence-electron chi connectivity index (χ3n) is 2.86. The lowest BCUT2D eigenvalue weighted by molar-refractivity contribution is 0.628. The highest BCUT2D eigenvalue weighted by atomic mass is 79.9. The van der Waals surface area contributed by atoms with Gasteiger partial charge in [0.05, 0.1) is 0 Å². The number of para-hydroxylation sites is 1. The van der Waals surface area contributed by atoms with Crippen molar-refractivity contribution in [2.24, 2.45) is 0 Å². The van der Waals surface area contributed by atoms with Crippen LogP contribution in [0.5, 0.6) is 0 Å². The number of aromatic amines is 1. The molecule has 3 aromatic rings. The number of benzene rings is 2. The van der Waals surface area contributed by atoms with Crippen LogP contribution in [-0.4, -0.2) is 14.8 Å². The second kappa shape index (κ2) is 5.30. The molecule has 1 heterocycles. The summed E-state index contributed by atoms with van der Waals surface area (Å²) in [7, 11) is 0. The Morgan fingerprint density at radius 2 is 1.90 bits per heavy atom. The molecule has 0 amide bonds. The van der Waals surface area contributed by atoms with Crippen molar-refractivity contribution >= 4 is 28.1 Å². The Balaban J connectivity index is 2.27. The molecule has 3 nitrogen and oxygen atoms in total. The number of hydrogen-bond acceptors (Lipinski definition) is 2. The van der Waals surface area contributed by atoms with Gasteiger partial charge in [-0.1, -0.05) is 34.1 Å². The van der Waals surface area contributed by atoms with Gasteiger partial charge in [0.1, 0.15) is 5.82 Å². The average Bonchev–Trinajstić information content (AvgIpc) is 2.84. The van der Waals surface area contributed by atoms with Crippen LogP contribution in [0.1, 0.15) is 0 Å². The van der Waals surface area contributed by atoms with Gasteiger partial charge in [-0.3, -0.25) is 9.67 Å². The van der Waals surface area contributed by atoms with E-state index >= 15 is 0 Å². The number of rotatable bonds is 2. The van der Waals surface area contributed by atoms with Gasteiger partial charge in [-0.05, 0) is 42.5 Å². The standard InChI is InChI=1S/C14H9BrFN3S/c15-12-7-6-9(16)8-11(12)13-17-18-14(20)19(13)10-4-2-1-3-5-10/h1-8H,(H,18,20). The minimum atomic E-state index is -0.322. The van der Waals surface area contributed by atoms with Crippen molar-refractivity contribution in [2.45, 2.75) is 0 Å². The second-order valence-electron chi connectivity index (χ2n) is 4.15. The molecule has 0 unspecified atom stereocenters. The molecule has 1 aromatic heterocycles. The van der Waals surface area contributed by atoms with Crippen LogP contribution in [-0.2, 0) is 0 Å². The van der Waals surface area contributed by atoms with Crippen molar-refractivity contribution in [2.75, 3.05) is 0 Å². The molecule has 0 aliphatic heterocycles. The summed E-state index contributed by atoms with van der Waals surface area (Å²) in [6, 6.07) is 14.0. The summed E-state index contributed by atoms with van der Waals surface area (Å²) < 4.78 is 16.5. The van der Waals surface area contributed by atoms with E-state index in [9.17, 15) is 4.39 Å². The minimum Gasteiger partial charge on any atom is -0.268 e. The zero-order valence-electron chi connectivity index (χ0n) is 10.2. The second-order valence-corrected chi connectivity index (χ2v) is 5.39. The number of nitrogens with one attached hydrogen (secondary N) is 1. The minimum absolute atomic E-state index is 0.322. The number of halogens is 2. The van der Waals surface area contributed by atoms with Gasteiger partial charge in [0, 0.05) is 15.7 Å². The van der Waals surface area contributed by atoms with Crippen molar-refractivity contribution in [1.29, 1.82) is 0 Å². The first kappa shape index (κ1) is 13.2. The molecule has 0 fully saturated rings. The Bertz CT molecular complexity index is 811. The predicted molar refractivity (Wildman–Crippen MR) is 81.8 cm³/mol. The highest BCUT2D eigenvalue weighted by molar-refractivity contribution is 9.10. The van der Waals surface area contributed by atoms with E-state index in [2.05, 4.69) is 26.1 Å². The maximum Gasteiger partial charge on any atom is 0.200 e. The van der Waals surface area contributed by atoms with Crippen LogP contribution in [0.2, 0.25) is 0 Å². The quantitative estimate of drug-likeness (QED) is 0.691. The van der Waals surface area contributed by atoms with E-state index in [1.54, 1.807) is 10.6 Å². The van der Waals surface area contributed by atoms with Crippen LogP contribution in [0.25, 0.3) is 17.1 Å². The molecule has 2 aromatic carbocycles. The Morgan fingerprint density at radius 3 is 2.65 bits per heavy atom. The molecule has 0 bridgehead atoms. The fourth-order valence-electron chi connectivity index (χ4n) is 1.96. The zero-order chi connectivity index (χ0) is 14.1. The summed E-state index contributed by atoms with van der Waals surface area (Å²) in [5, 5.41) is 6.97. The van der Waals surface area contributed by atoms with Gasteiger partial charge in [0.2, 0.25) is 0 Å². The van der Waals surface area contributed by atoms with Crippen molar-refractivity contribution in [3.8, 4) is 17.1 Å². The fraction of sp³-hybridized carbons (Fsp3) is 0. The maximum absolute atomic E-state index is 13.5. The lowest BCUT2D eigenvalue weighted by Gasteiger charge is -2.08. The molecule has 0 atom stereocenters. The first-order valence-corrected chi connectivity index (χ1v) is 7.05. The molecule has 3 rings (SSSR count). The van der Waals surface area contributed by atoms with Crippen LogP contribution in [0.3, 0.4) is 0 Å². The Labute approximate surface area is 128 Å². The lowest BCUT2D eigenvalue weighted by Crippen LogP contribution is -1.98. The molecule has 0 saturated carbocycles. The van der Waals surface area contributed by atoms with E-state index in [1.165, 1.54) is 12.1 Å². The van der Waals surface area contributed by atoms with Gasteiger partial charge >= 0.3 is 0 Å². The van der Waals surface area contributed by atoms with Crippen molar-refractivity contribution in [1.82, 2.24) is 14.8 Å². The smallest absolute Gasteiger partial charge is 0.200 e. The summed E-state index contributed by atoms with van der Waals surface area (Å²) in [5.41, 5.74) is 1.51. The Hall–Kier alpha value is -1.79. The summed E-state index contributed by atoms with van der Waals surface area (Å²) in [6.45, 7) is 0. The molecular weight excluding hydrogens is 341 g/mol. The number of hydrogen-bond donors (Lipinski definition) is 1. The first-order chi connectivity index (χ1) is 9.66. The van der Waals surface area contributed by atoms with Gasteiger partial charge in [0.25, 0.3) is 0 Å². The van der Waals surface area contributed by atoms with E-state index in [0.29, 0.717) is 16.2 Å². The molecule has 0 spiro atoms. The summed E-state index contributed by atoms with van der Waals surface area (Å²) in [6.07, 6.45) is 0. The lowest BCUT2D eigenvalue weighted by atomic mass is 10.2. The fourth-order valence-corrected chi connectivity index (χ4v) is 2.62. The topological polar surface area (TPSA) is 33.6 Å². The summed E-state index contributed by atoms with van der Waals surface area (Å²) >= 11 is 8.68. The van der Waals surface area contributed by atoms with Crippen molar-refractivity contribution < 1.29 is 4.39 Å². The third kappa shape index (κ3) is 2.32. The van der Waals surface area contributed by atoms with E-state index in [0.717, 1.165) is 10.2 Å². The molecule has 0 aliphatic rings. The molecule has 6 heteroatoms. The maximum atomic E-state index is 13.5. The summed E-state index contributed by atoms with van der Waals surface area (Å²) in [4.78, 5) is 0. The van der Waals surface area contributed by atoms with E-state index in [4.69, 9.17) is 12.2 Å². The van der Waals surface area contributed by atoms with Crippen molar-refractivity contribution in [3.63, 3.8) is 0 Å². The monoisotopic (exact) mass is 349 g/mol. The largest absolute Gasteiger partial charge is 0.268 e. The first-order valence-electron chi connectivity index (χ1n) is 5.85. The van der Waals surface area contributed by atoms with E-state index in [-0.39, 0.29) is 5.82 Å². The van der Waals surface area contributed by atoms with Crippen LogP contribution in [0.4, 0.5) is 4.39 Å². The average molecular weight is 350 g/mol. The van der Waals surface area contributed by atoms with Crippen LogP contribution in [0, 0.1) is 10.6 Å². The molecule has 0 aliphatic carbocycles. The van der Waals surface area contributed by atoms with Gasteiger partial charge in [-0.15, -0.1) is 0 Å². The Kier molecular flexibility index (Phi) is 3.50. The SMILES string of the molecule is Fc1ccc(Br)c(-c2n[nH]c(=S)n2-c2ccccc2)c1. The molecule has 100 valence electrons. The molecule has 1 N–H and O–H groups in total. The van der Waals surface area contributed by atoms with Gasteiger partial charge in [-0.2, -0.15) is 5.10 Å². The molecular formula is C14H9BrFN3S. The predicted octanol–water partition coefficient (Wildman–Crippen LogP) is 4.50. The number of aromatic nitrogens is 3. The summed E-state index contributed by atoms with van der Waals surface area (Å²) in [5.74, 6) is 0.240. The molecule has 20 heavy (non-hydrogen) atoms. The van der Waals surface area contributed by atoms with Gasteiger partial charge in [-0.25, -0.2) is 4.39 Å². The van der Waals surface area contributed by atoms with E-state index < -0.39 is 0 Å².